The lowest BCUT2D eigenvalue weighted by atomic mass is 10.0. The molecule has 2 aliphatic heterocycles. The second kappa shape index (κ2) is 7.11. The molecule has 0 bridgehead atoms. The van der Waals surface area contributed by atoms with E-state index in [0.29, 0.717) is 6.04 Å². The van der Waals surface area contributed by atoms with E-state index in [1.807, 2.05) is 4.90 Å². The maximum absolute atomic E-state index is 11.8. The van der Waals surface area contributed by atoms with Crippen LogP contribution in [0.4, 0.5) is 5.69 Å². The predicted molar refractivity (Wildman–Crippen MR) is 88.9 cm³/mol. The zero-order valence-corrected chi connectivity index (χ0v) is 13.2. The van der Waals surface area contributed by atoms with Gasteiger partial charge < -0.3 is 15.5 Å². The van der Waals surface area contributed by atoms with Gasteiger partial charge in [0.1, 0.15) is 0 Å². The minimum Gasteiger partial charge on any atom is -0.369 e. The first-order valence-electron chi connectivity index (χ1n) is 8.30. The zero-order chi connectivity index (χ0) is 15.4. The predicted octanol–water partition coefficient (Wildman–Crippen LogP) is 0.758. The quantitative estimate of drug-likeness (QED) is 0.895. The molecule has 1 atom stereocenters. The number of carbonyl (C=O) groups excluding carboxylic acids is 1. The molecule has 2 aliphatic rings. The number of piperazine rings is 1. The summed E-state index contributed by atoms with van der Waals surface area (Å²) in [4.78, 5) is 18.7. The Balaban J connectivity index is 1.54. The summed E-state index contributed by atoms with van der Waals surface area (Å²) in [6.07, 6.45) is 2.29. The van der Waals surface area contributed by atoms with E-state index in [0.717, 1.165) is 45.7 Å². The topological polar surface area (TPSA) is 52.8 Å². The van der Waals surface area contributed by atoms with Gasteiger partial charge in [0.2, 0.25) is 5.91 Å². The van der Waals surface area contributed by atoms with E-state index in [1.54, 1.807) is 0 Å². The lowest BCUT2D eigenvalue weighted by Gasteiger charge is -2.43. The van der Waals surface area contributed by atoms with E-state index in [-0.39, 0.29) is 12.5 Å². The van der Waals surface area contributed by atoms with Crippen LogP contribution in [0.15, 0.2) is 30.3 Å². The number of hydrogen-bond donors (Lipinski definition) is 1. The molecular weight excluding hydrogens is 276 g/mol. The maximum atomic E-state index is 11.8. The van der Waals surface area contributed by atoms with Crippen molar-refractivity contribution in [1.82, 2.24) is 9.80 Å². The molecule has 2 N–H and O–H groups in total. The number of likely N-dealkylation sites (tertiary alicyclic amines) is 1. The summed E-state index contributed by atoms with van der Waals surface area (Å²) in [5, 5.41) is 0. The minimum absolute atomic E-state index is 0.0904. The van der Waals surface area contributed by atoms with E-state index >= 15 is 0 Å². The number of rotatable bonds is 3. The largest absolute Gasteiger partial charge is 0.369 e. The number of para-hydroxylation sites is 1. The zero-order valence-electron chi connectivity index (χ0n) is 13.2. The number of carbonyl (C=O) groups is 1. The molecule has 2 saturated heterocycles. The molecule has 1 amide bonds. The molecule has 5 heteroatoms. The summed E-state index contributed by atoms with van der Waals surface area (Å²) in [7, 11) is 0. The van der Waals surface area contributed by atoms with Crippen molar-refractivity contribution in [1.29, 1.82) is 0 Å². The van der Waals surface area contributed by atoms with Crippen molar-refractivity contribution in [3.63, 3.8) is 0 Å². The first kappa shape index (κ1) is 15.3. The van der Waals surface area contributed by atoms with Gasteiger partial charge in [0, 0.05) is 51.0 Å². The molecule has 2 heterocycles. The normalized spacial score (nSPS) is 23.6. The Hall–Kier alpha value is -1.59. The number of piperidine rings is 1. The third-order valence-corrected chi connectivity index (χ3v) is 4.88. The number of benzene rings is 1. The highest BCUT2D eigenvalue weighted by Crippen LogP contribution is 2.20. The van der Waals surface area contributed by atoms with Gasteiger partial charge in [0.25, 0.3) is 0 Å². The second-order valence-corrected chi connectivity index (χ2v) is 6.20. The minimum atomic E-state index is 0.0904. The summed E-state index contributed by atoms with van der Waals surface area (Å²) in [6.45, 7) is 6.12. The van der Waals surface area contributed by atoms with Crippen LogP contribution in [0, 0.1) is 0 Å². The number of hydrogen-bond acceptors (Lipinski definition) is 4. The van der Waals surface area contributed by atoms with Gasteiger partial charge in [-0.3, -0.25) is 9.69 Å². The Labute approximate surface area is 132 Å². The molecule has 1 aromatic rings. The molecule has 1 aromatic carbocycles. The molecule has 120 valence electrons. The smallest absolute Gasteiger partial charge is 0.236 e. The van der Waals surface area contributed by atoms with Crippen LogP contribution in [0.1, 0.15) is 12.8 Å². The molecule has 0 aromatic heterocycles. The van der Waals surface area contributed by atoms with E-state index < -0.39 is 0 Å². The third kappa shape index (κ3) is 3.42. The van der Waals surface area contributed by atoms with Crippen molar-refractivity contribution in [2.45, 2.75) is 18.9 Å². The number of nitrogens with two attached hydrogens (primary N) is 1. The standard InChI is InChI=1S/C17H26N4O/c18-13-17(22)21-8-4-7-16(14-21)20-11-9-19(10-12-20)15-5-2-1-3-6-15/h1-3,5-6,16H,4,7-14,18H2/t16-/m1/s1. The summed E-state index contributed by atoms with van der Waals surface area (Å²) < 4.78 is 0. The van der Waals surface area contributed by atoms with Crippen LogP contribution in [0.2, 0.25) is 0 Å². The monoisotopic (exact) mass is 302 g/mol. The van der Waals surface area contributed by atoms with Gasteiger partial charge >= 0.3 is 0 Å². The van der Waals surface area contributed by atoms with Crippen LogP contribution in [-0.4, -0.2) is 67.6 Å². The Morgan fingerprint density at radius 3 is 2.50 bits per heavy atom. The molecule has 0 saturated carbocycles. The van der Waals surface area contributed by atoms with Crippen LogP contribution in [-0.2, 0) is 4.79 Å². The molecule has 5 nitrogen and oxygen atoms in total. The summed E-state index contributed by atoms with van der Waals surface area (Å²) in [5.41, 5.74) is 6.81. The van der Waals surface area contributed by atoms with Crippen molar-refractivity contribution in [2.24, 2.45) is 5.73 Å². The Morgan fingerprint density at radius 1 is 1.09 bits per heavy atom. The molecule has 2 fully saturated rings. The molecule has 0 unspecified atom stereocenters. The number of anilines is 1. The fourth-order valence-corrected chi connectivity index (χ4v) is 3.59. The summed E-state index contributed by atoms with van der Waals surface area (Å²) >= 11 is 0. The van der Waals surface area contributed by atoms with Gasteiger partial charge in [-0.15, -0.1) is 0 Å². The van der Waals surface area contributed by atoms with E-state index in [2.05, 4.69) is 40.1 Å². The lowest BCUT2D eigenvalue weighted by molar-refractivity contribution is -0.131. The average molecular weight is 302 g/mol. The highest BCUT2D eigenvalue weighted by Gasteiger charge is 2.29. The van der Waals surface area contributed by atoms with Crippen LogP contribution in [0.5, 0.6) is 0 Å². The Morgan fingerprint density at radius 2 is 1.82 bits per heavy atom. The van der Waals surface area contributed by atoms with Crippen molar-refractivity contribution < 1.29 is 4.79 Å². The number of amides is 1. The second-order valence-electron chi connectivity index (χ2n) is 6.20. The van der Waals surface area contributed by atoms with E-state index in [4.69, 9.17) is 5.73 Å². The first-order valence-corrected chi connectivity index (χ1v) is 8.30. The fraction of sp³-hybridized carbons (Fsp3) is 0.588. The van der Waals surface area contributed by atoms with E-state index in [9.17, 15) is 4.79 Å². The van der Waals surface area contributed by atoms with Crippen molar-refractivity contribution in [3.8, 4) is 0 Å². The van der Waals surface area contributed by atoms with Gasteiger partial charge in [-0.25, -0.2) is 0 Å². The van der Waals surface area contributed by atoms with Crippen molar-refractivity contribution >= 4 is 11.6 Å². The van der Waals surface area contributed by atoms with Gasteiger partial charge in [-0.2, -0.15) is 0 Å². The summed E-state index contributed by atoms with van der Waals surface area (Å²) in [5.74, 6) is 0.0904. The highest BCUT2D eigenvalue weighted by molar-refractivity contribution is 5.78. The maximum Gasteiger partial charge on any atom is 0.236 e. The highest BCUT2D eigenvalue weighted by atomic mass is 16.2. The van der Waals surface area contributed by atoms with Crippen molar-refractivity contribution in [2.75, 3.05) is 50.7 Å². The summed E-state index contributed by atoms with van der Waals surface area (Å²) in [6, 6.07) is 11.1. The van der Waals surface area contributed by atoms with Crippen LogP contribution in [0.25, 0.3) is 0 Å². The molecule has 0 radical (unpaired) electrons. The molecule has 0 aliphatic carbocycles. The average Bonchev–Trinajstić information content (AvgIpc) is 2.62. The van der Waals surface area contributed by atoms with Gasteiger partial charge in [0.15, 0.2) is 0 Å². The van der Waals surface area contributed by atoms with Crippen molar-refractivity contribution in [3.05, 3.63) is 30.3 Å². The van der Waals surface area contributed by atoms with E-state index in [1.165, 1.54) is 12.1 Å². The molecule has 22 heavy (non-hydrogen) atoms. The Bertz CT molecular complexity index is 485. The van der Waals surface area contributed by atoms with Gasteiger partial charge in [-0.1, -0.05) is 18.2 Å². The SMILES string of the molecule is NCC(=O)N1CCC[C@@H](N2CCN(c3ccccc3)CC2)C1. The lowest BCUT2D eigenvalue weighted by Crippen LogP contribution is -2.56. The third-order valence-electron chi connectivity index (χ3n) is 4.88. The number of nitrogens with zero attached hydrogens (tertiary/aromatic N) is 3. The molecule has 3 rings (SSSR count). The van der Waals surface area contributed by atoms with Crippen LogP contribution < -0.4 is 10.6 Å². The van der Waals surface area contributed by atoms with Crippen LogP contribution >= 0.6 is 0 Å². The first-order chi connectivity index (χ1) is 10.8. The van der Waals surface area contributed by atoms with Crippen LogP contribution in [0.3, 0.4) is 0 Å². The fourth-order valence-electron chi connectivity index (χ4n) is 3.59. The molecular formula is C17H26N4O. The molecule has 0 spiro atoms. The van der Waals surface area contributed by atoms with Gasteiger partial charge in [-0.05, 0) is 25.0 Å². The Kier molecular flexibility index (Phi) is 4.95. The van der Waals surface area contributed by atoms with Gasteiger partial charge in [0.05, 0.1) is 6.54 Å².